The third kappa shape index (κ3) is 6.94. The first kappa shape index (κ1) is 15.9. The van der Waals surface area contributed by atoms with Crippen LogP contribution in [0.2, 0.25) is 0 Å². The molecule has 0 aromatic rings. The van der Waals surface area contributed by atoms with Gasteiger partial charge >= 0.3 is 5.97 Å². The fourth-order valence-corrected chi connectivity index (χ4v) is 1.59. The van der Waals surface area contributed by atoms with E-state index in [9.17, 15) is 9.59 Å². The van der Waals surface area contributed by atoms with Gasteiger partial charge < -0.3 is 15.2 Å². The molecule has 5 heteroatoms. The lowest BCUT2D eigenvalue weighted by atomic mass is 9.99. The van der Waals surface area contributed by atoms with Crippen LogP contribution >= 0.6 is 0 Å². The Labute approximate surface area is 103 Å². The lowest BCUT2D eigenvalue weighted by Crippen LogP contribution is -2.42. The number of amides is 1. The molecule has 100 valence electrons. The maximum Gasteiger partial charge on any atom is 0.326 e. The molecule has 1 unspecified atom stereocenters. The van der Waals surface area contributed by atoms with Crippen LogP contribution in [0, 0.1) is 5.92 Å². The average molecular weight is 245 g/mol. The molecule has 0 heterocycles. The summed E-state index contributed by atoms with van der Waals surface area (Å²) < 4.78 is 4.81. The number of carbonyl (C=O) groups excluding carboxylic acids is 1. The highest BCUT2D eigenvalue weighted by Gasteiger charge is 2.20. The molecule has 1 atom stereocenters. The maximum absolute atomic E-state index is 11.6. The van der Waals surface area contributed by atoms with E-state index in [0.717, 1.165) is 12.8 Å². The van der Waals surface area contributed by atoms with E-state index in [-0.39, 0.29) is 5.91 Å². The number of aliphatic carboxylic acids is 1. The smallest absolute Gasteiger partial charge is 0.326 e. The molecular formula is C12H23NO4. The van der Waals surface area contributed by atoms with Gasteiger partial charge in [0.25, 0.3) is 0 Å². The van der Waals surface area contributed by atoms with E-state index in [1.807, 2.05) is 13.8 Å². The predicted molar refractivity (Wildman–Crippen MR) is 64.7 cm³/mol. The molecule has 1 amide bonds. The van der Waals surface area contributed by atoms with Crippen LogP contribution in [0.1, 0.15) is 39.5 Å². The lowest BCUT2D eigenvalue weighted by Gasteiger charge is -2.16. The number of rotatable bonds is 9. The minimum absolute atomic E-state index is 0.192. The second-order valence-corrected chi connectivity index (χ2v) is 4.13. The second-order valence-electron chi connectivity index (χ2n) is 4.13. The molecule has 0 radical (unpaired) electrons. The van der Waals surface area contributed by atoms with Gasteiger partial charge in [0.2, 0.25) is 5.91 Å². The average Bonchev–Trinajstić information content (AvgIpc) is 2.30. The molecule has 0 aromatic heterocycles. The number of hydrogen-bond acceptors (Lipinski definition) is 3. The van der Waals surface area contributed by atoms with Crippen LogP contribution in [0.5, 0.6) is 0 Å². The van der Waals surface area contributed by atoms with Crippen LogP contribution in [0.3, 0.4) is 0 Å². The molecule has 0 saturated heterocycles. The monoisotopic (exact) mass is 245 g/mol. The SMILES string of the molecule is CCC(CC)CC(=O)NC(CCOC)C(=O)O. The zero-order chi connectivity index (χ0) is 13.3. The molecule has 0 aliphatic carbocycles. The molecule has 0 aliphatic heterocycles. The number of ether oxygens (including phenoxy) is 1. The van der Waals surface area contributed by atoms with Crippen molar-refractivity contribution in [2.24, 2.45) is 5.92 Å². The molecule has 0 spiro atoms. The van der Waals surface area contributed by atoms with Crippen molar-refractivity contribution in [2.45, 2.75) is 45.6 Å². The topological polar surface area (TPSA) is 75.6 Å². The second kappa shape index (κ2) is 8.98. The van der Waals surface area contributed by atoms with Crippen molar-refractivity contribution in [3.05, 3.63) is 0 Å². The Bertz CT molecular complexity index is 239. The standard InChI is InChI=1S/C12H23NO4/c1-4-9(5-2)8-11(14)13-10(12(15)16)6-7-17-3/h9-10H,4-8H2,1-3H3,(H,13,14)(H,15,16). The molecule has 0 aromatic carbocycles. The zero-order valence-corrected chi connectivity index (χ0v) is 10.9. The molecule has 17 heavy (non-hydrogen) atoms. The van der Waals surface area contributed by atoms with Gasteiger partial charge in [0.1, 0.15) is 6.04 Å². The van der Waals surface area contributed by atoms with Crippen molar-refractivity contribution < 1.29 is 19.4 Å². The molecule has 2 N–H and O–H groups in total. The first-order valence-corrected chi connectivity index (χ1v) is 6.06. The summed E-state index contributed by atoms with van der Waals surface area (Å²) in [4.78, 5) is 22.5. The Balaban J connectivity index is 4.15. The van der Waals surface area contributed by atoms with Crippen molar-refractivity contribution in [3.63, 3.8) is 0 Å². The van der Waals surface area contributed by atoms with Crippen LogP contribution in [-0.4, -0.2) is 36.7 Å². The quantitative estimate of drug-likeness (QED) is 0.644. The van der Waals surface area contributed by atoms with Gasteiger partial charge in [-0.2, -0.15) is 0 Å². The summed E-state index contributed by atoms with van der Waals surface area (Å²) in [6.45, 7) is 4.38. The Morgan fingerprint density at radius 3 is 2.29 bits per heavy atom. The minimum Gasteiger partial charge on any atom is -0.480 e. The van der Waals surface area contributed by atoms with Gasteiger partial charge in [0.15, 0.2) is 0 Å². The summed E-state index contributed by atoms with van der Waals surface area (Å²) in [6.07, 6.45) is 2.55. The van der Waals surface area contributed by atoms with Crippen LogP contribution < -0.4 is 5.32 Å². The predicted octanol–water partition coefficient (Wildman–Crippen LogP) is 1.42. The Morgan fingerprint density at radius 1 is 1.29 bits per heavy atom. The van der Waals surface area contributed by atoms with E-state index in [1.165, 1.54) is 7.11 Å². The van der Waals surface area contributed by atoms with Gasteiger partial charge in [0, 0.05) is 26.6 Å². The van der Waals surface area contributed by atoms with E-state index >= 15 is 0 Å². The number of hydrogen-bond donors (Lipinski definition) is 2. The molecule has 0 bridgehead atoms. The third-order valence-electron chi connectivity index (χ3n) is 2.87. The fraction of sp³-hybridized carbons (Fsp3) is 0.833. The Morgan fingerprint density at radius 2 is 1.88 bits per heavy atom. The van der Waals surface area contributed by atoms with Gasteiger partial charge in [-0.05, 0) is 5.92 Å². The zero-order valence-electron chi connectivity index (χ0n) is 10.9. The normalized spacial score (nSPS) is 12.5. The number of methoxy groups -OCH3 is 1. The highest BCUT2D eigenvalue weighted by molar-refractivity contribution is 5.83. The fourth-order valence-electron chi connectivity index (χ4n) is 1.59. The highest BCUT2D eigenvalue weighted by atomic mass is 16.5. The highest BCUT2D eigenvalue weighted by Crippen LogP contribution is 2.12. The molecule has 0 saturated carbocycles. The third-order valence-corrected chi connectivity index (χ3v) is 2.87. The summed E-state index contributed by atoms with van der Waals surface area (Å²) in [6, 6.07) is -0.850. The number of carboxylic acids is 1. The molecule has 0 aliphatic rings. The van der Waals surface area contributed by atoms with Gasteiger partial charge in [-0.3, -0.25) is 4.79 Å². The maximum atomic E-state index is 11.6. The van der Waals surface area contributed by atoms with Crippen LogP contribution in [-0.2, 0) is 14.3 Å². The van der Waals surface area contributed by atoms with Crippen molar-refractivity contribution in [3.8, 4) is 0 Å². The van der Waals surface area contributed by atoms with E-state index in [4.69, 9.17) is 9.84 Å². The largest absolute Gasteiger partial charge is 0.480 e. The van der Waals surface area contributed by atoms with Gasteiger partial charge in [-0.25, -0.2) is 4.79 Å². The van der Waals surface area contributed by atoms with Gasteiger partial charge in [0.05, 0.1) is 0 Å². The summed E-state index contributed by atoms with van der Waals surface area (Å²) >= 11 is 0. The van der Waals surface area contributed by atoms with Crippen molar-refractivity contribution in [1.29, 1.82) is 0 Å². The number of carboxylic acid groups (broad SMARTS) is 1. The van der Waals surface area contributed by atoms with E-state index in [1.54, 1.807) is 0 Å². The summed E-state index contributed by atoms with van der Waals surface area (Å²) in [7, 11) is 1.50. The first-order valence-electron chi connectivity index (χ1n) is 6.06. The molecular weight excluding hydrogens is 222 g/mol. The first-order chi connectivity index (χ1) is 8.04. The van der Waals surface area contributed by atoms with E-state index in [0.29, 0.717) is 25.4 Å². The molecule has 0 fully saturated rings. The van der Waals surface area contributed by atoms with Crippen LogP contribution in [0.4, 0.5) is 0 Å². The van der Waals surface area contributed by atoms with E-state index in [2.05, 4.69) is 5.32 Å². The number of carbonyl (C=O) groups is 2. The summed E-state index contributed by atoms with van der Waals surface area (Å²) in [5.41, 5.74) is 0. The Hall–Kier alpha value is -1.10. The van der Waals surface area contributed by atoms with Crippen LogP contribution in [0.25, 0.3) is 0 Å². The van der Waals surface area contributed by atoms with Crippen molar-refractivity contribution in [2.75, 3.05) is 13.7 Å². The van der Waals surface area contributed by atoms with Crippen molar-refractivity contribution >= 4 is 11.9 Å². The van der Waals surface area contributed by atoms with Gasteiger partial charge in [-0.1, -0.05) is 26.7 Å². The summed E-state index contributed by atoms with van der Waals surface area (Å²) in [5, 5.41) is 11.5. The van der Waals surface area contributed by atoms with Crippen molar-refractivity contribution in [1.82, 2.24) is 5.32 Å². The summed E-state index contributed by atoms with van der Waals surface area (Å²) in [5.74, 6) is -0.881. The van der Waals surface area contributed by atoms with Gasteiger partial charge in [-0.15, -0.1) is 0 Å². The van der Waals surface area contributed by atoms with E-state index < -0.39 is 12.0 Å². The minimum atomic E-state index is -1.01. The number of nitrogens with one attached hydrogen (secondary N) is 1. The Kier molecular flexibility index (Phi) is 8.40. The molecule has 5 nitrogen and oxygen atoms in total. The van der Waals surface area contributed by atoms with Crippen LogP contribution in [0.15, 0.2) is 0 Å². The lowest BCUT2D eigenvalue weighted by molar-refractivity contribution is -0.142. The molecule has 0 rings (SSSR count).